The predicted octanol–water partition coefficient (Wildman–Crippen LogP) is 30.8. The van der Waals surface area contributed by atoms with Gasteiger partial charge in [0.1, 0.15) is 0 Å². The molecule has 0 aliphatic carbocycles. The summed E-state index contributed by atoms with van der Waals surface area (Å²) in [6.07, 6.45) is 0. The Kier molecular flexibility index (Phi) is 17.1. The van der Waals surface area contributed by atoms with E-state index in [1.165, 1.54) is 139 Å². The second-order valence-corrected chi connectivity index (χ2v) is 34.3. The molecule has 126 heavy (non-hydrogen) atoms. The van der Waals surface area contributed by atoms with E-state index in [1.807, 2.05) is 95.5 Å². The molecule has 18 aromatic carbocycles. The van der Waals surface area contributed by atoms with Gasteiger partial charge in [0.05, 0.1) is 55.5 Å². The third kappa shape index (κ3) is 12.1. The third-order valence-corrected chi connectivity index (χ3v) is 27.3. The number of aromatic nitrogens is 9. The molecule has 8 aromatic heterocycles. The lowest BCUT2D eigenvalue weighted by Crippen LogP contribution is -2.00. The largest absolute Gasteiger partial charge is 0.309 e. The highest BCUT2D eigenvalue weighted by atomic mass is 32.1. The number of thiophene rings is 2. The SMILES string of the molecule is c1ccc(-c2cc(-c3ccccc3)nc(-c3ccc(-c4cc(-n5c6ccccc6c6cc7c8ccccc8n(-c8ccccc8)c7cc65)cc5c4sc4ccccc45)cc3)n2)cc1.c1ccc(-c2nc(-c3ccccc3)nc(-c3ccc(-c4cc(-n5c6ccccc6c6cc7c8ccccc8n(-c8ccccc8)c7cc65)cc5c4sc4ccccc45)cc3)n2)cc1. The van der Waals surface area contributed by atoms with E-state index in [0.29, 0.717) is 23.3 Å². The summed E-state index contributed by atoms with van der Waals surface area (Å²) in [5.74, 6) is 2.64. The fourth-order valence-corrected chi connectivity index (χ4v) is 21.5. The maximum absolute atomic E-state index is 5.13. The highest BCUT2D eigenvalue weighted by molar-refractivity contribution is 7.26. The van der Waals surface area contributed by atoms with Crippen LogP contribution in [0.25, 0.3) is 241 Å². The number of benzene rings is 18. The molecular weight excluding hydrogens is 1570 g/mol. The van der Waals surface area contributed by atoms with Crippen molar-refractivity contribution in [3.8, 4) is 113 Å². The zero-order chi connectivity index (χ0) is 82.9. The molecular formula is C115H71N9S2. The summed E-state index contributed by atoms with van der Waals surface area (Å²) in [7, 11) is 0. The van der Waals surface area contributed by atoms with E-state index < -0.39 is 0 Å². The lowest BCUT2D eigenvalue weighted by Gasteiger charge is -2.14. The molecule has 0 spiro atoms. The van der Waals surface area contributed by atoms with Gasteiger partial charge in [0, 0.05) is 151 Å². The van der Waals surface area contributed by atoms with Crippen LogP contribution in [0.2, 0.25) is 0 Å². The van der Waals surface area contributed by atoms with Crippen LogP contribution in [0.5, 0.6) is 0 Å². The number of rotatable bonds is 12. The molecule has 0 saturated carbocycles. The molecule has 8 heterocycles. The van der Waals surface area contributed by atoms with Crippen LogP contribution in [0.3, 0.4) is 0 Å². The van der Waals surface area contributed by atoms with E-state index >= 15 is 0 Å². The van der Waals surface area contributed by atoms with Crippen molar-refractivity contribution in [3.05, 3.63) is 431 Å². The zero-order valence-corrected chi connectivity index (χ0v) is 69.5. The van der Waals surface area contributed by atoms with Crippen molar-refractivity contribution in [2.75, 3.05) is 0 Å². The van der Waals surface area contributed by atoms with Crippen LogP contribution in [0.4, 0.5) is 0 Å². The summed E-state index contributed by atoms with van der Waals surface area (Å²) in [5.41, 5.74) is 26.4. The maximum Gasteiger partial charge on any atom is 0.164 e. The van der Waals surface area contributed by atoms with Gasteiger partial charge in [-0.15, -0.1) is 22.7 Å². The van der Waals surface area contributed by atoms with Crippen molar-refractivity contribution in [2.24, 2.45) is 0 Å². The van der Waals surface area contributed by atoms with E-state index in [9.17, 15) is 0 Å². The van der Waals surface area contributed by atoms with Crippen LogP contribution in [0.1, 0.15) is 0 Å². The van der Waals surface area contributed by atoms with Gasteiger partial charge in [-0.25, -0.2) is 24.9 Å². The van der Waals surface area contributed by atoms with Crippen molar-refractivity contribution in [1.29, 1.82) is 0 Å². The smallest absolute Gasteiger partial charge is 0.164 e. The zero-order valence-electron chi connectivity index (χ0n) is 67.8. The summed E-state index contributed by atoms with van der Waals surface area (Å²) >= 11 is 3.72. The van der Waals surface area contributed by atoms with Crippen molar-refractivity contribution in [3.63, 3.8) is 0 Å². The standard InChI is InChI=1S/C58H36N4S.C57H35N5S/c1-4-16-38(17-5-1)50-35-51(39-18-6-2-7-19-39)60-58(59-50)40-30-28-37(29-31-40)46-32-42(33-49-45-24-12-15-27-56(45)63-57(46)49)62-53-26-14-11-23-44(53)48-34-47-43-22-10-13-25-52(43)61(54(47)36-55(48)62)41-20-8-3-9-21-41;1-4-16-37(17-5-1)55-58-56(38-18-6-2-7-19-38)60-57(59-55)39-30-28-36(29-31-39)45-32-41(33-48-44-24-12-15-27-53(44)63-54(45)48)62-50-26-14-11-23-43(50)47-34-46-42-22-10-13-25-49(42)61(51(46)35-52(47)62)40-20-8-3-9-21-40/h1-36H;1-35H. The lowest BCUT2D eigenvalue weighted by molar-refractivity contribution is 1.07. The number of hydrogen-bond acceptors (Lipinski definition) is 7. The van der Waals surface area contributed by atoms with Crippen LogP contribution in [-0.2, 0) is 0 Å². The topological polar surface area (TPSA) is 84.2 Å². The molecule has 0 N–H and O–H groups in total. The molecule has 11 heteroatoms. The number of nitrogens with zero attached hydrogens (tertiary/aromatic N) is 9. The molecule has 0 aliphatic heterocycles. The summed E-state index contributed by atoms with van der Waals surface area (Å²) < 4.78 is 14.9. The molecule has 26 rings (SSSR count). The van der Waals surface area contributed by atoms with Gasteiger partial charge in [0.25, 0.3) is 0 Å². The Morgan fingerprint density at radius 3 is 0.762 bits per heavy atom. The quantitative estimate of drug-likeness (QED) is 0.122. The second-order valence-electron chi connectivity index (χ2n) is 32.2. The van der Waals surface area contributed by atoms with Crippen molar-refractivity contribution >= 4 is 150 Å². The number of fused-ring (bicyclic) bond motifs is 18. The van der Waals surface area contributed by atoms with Gasteiger partial charge in [-0.2, -0.15) is 0 Å². The second kappa shape index (κ2) is 29.8. The van der Waals surface area contributed by atoms with E-state index in [2.05, 4.69) is 376 Å². The Hall–Kier alpha value is -16.3. The molecule has 588 valence electrons. The third-order valence-electron chi connectivity index (χ3n) is 24.9. The monoisotopic (exact) mass is 1640 g/mol. The Morgan fingerprint density at radius 2 is 0.421 bits per heavy atom. The Balaban J connectivity index is 0.000000137. The highest BCUT2D eigenvalue weighted by Gasteiger charge is 2.26. The number of para-hydroxylation sites is 6. The Morgan fingerprint density at radius 1 is 0.159 bits per heavy atom. The van der Waals surface area contributed by atoms with E-state index in [4.69, 9.17) is 24.9 Å². The minimum atomic E-state index is 0.638. The van der Waals surface area contributed by atoms with Crippen LogP contribution in [0, 0.1) is 0 Å². The molecule has 0 fully saturated rings. The van der Waals surface area contributed by atoms with Crippen molar-refractivity contribution < 1.29 is 0 Å². The highest BCUT2D eigenvalue weighted by Crippen LogP contribution is 2.49. The average Bonchev–Trinajstić information content (AvgIpc) is 1.56. The minimum absolute atomic E-state index is 0.638. The lowest BCUT2D eigenvalue weighted by atomic mass is 9.99. The first-order valence-corrected chi connectivity index (χ1v) is 44.1. The Labute approximate surface area is 731 Å². The van der Waals surface area contributed by atoms with Gasteiger partial charge in [-0.3, -0.25) is 0 Å². The van der Waals surface area contributed by atoms with Gasteiger partial charge < -0.3 is 18.3 Å². The van der Waals surface area contributed by atoms with E-state index in [-0.39, 0.29) is 0 Å². The molecule has 0 saturated heterocycles. The van der Waals surface area contributed by atoms with Gasteiger partial charge >= 0.3 is 0 Å². The fourth-order valence-electron chi connectivity index (χ4n) is 19.1. The van der Waals surface area contributed by atoms with Gasteiger partial charge in [0.15, 0.2) is 23.3 Å². The molecule has 0 aliphatic rings. The summed E-state index contributed by atoms with van der Waals surface area (Å²) in [6, 6.07) is 154. The van der Waals surface area contributed by atoms with Crippen LogP contribution in [0.15, 0.2) is 431 Å². The Bertz CT molecular complexity index is 8170. The molecule has 0 bridgehead atoms. The van der Waals surface area contributed by atoms with E-state index in [0.717, 1.165) is 78.6 Å². The van der Waals surface area contributed by atoms with E-state index in [1.54, 1.807) is 0 Å². The fraction of sp³-hybridized carbons (Fsp3) is 0. The summed E-state index contributed by atoms with van der Waals surface area (Å²) in [5, 5.41) is 15.0. The normalized spacial score (nSPS) is 11.8. The van der Waals surface area contributed by atoms with Crippen molar-refractivity contribution in [2.45, 2.75) is 0 Å². The first-order valence-electron chi connectivity index (χ1n) is 42.5. The van der Waals surface area contributed by atoms with Crippen LogP contribution in [-0.4, -0.2) is 43.2 Å². The predicted molar refractivity (Wildman–Crippen MR) is 528 cm³/mol. The molecule has 0 atom stereocenters. The first kappa shape index (κ1) is 72.5. The number of hydrogen-bond donors (Lipinski definition) is 0. The molecule has 0 radical (unpaired) electrons. The summed E-state index contributed by atoms with van der Waals surface area (Å²) in [6.45, 7) is 0. The van der Waals surface area contributed by atoms with Crippen LogP contribution >= 0.6 is 22.7 Å². The van der Waals surface area contributed by atoms with Gasteiger partial charge in [-0.05, 0) is 126 Å². The minimum Gasteiger partial charge on any atom is -0.309 e. The molecule has 26 aromatic rings. The maximum atomic E-state index is 5.13. The average molecular weight is 1640 g/mol. The van der Waals surface area contributed by atoms with Crippen molar-refractivity contribution in [1.82, 2.24) is 43.2 Å². The first-order chi connectivity index (χ1) is 62.5. The molecule has 9 nitrogen and oxygen atoms in total. The van der Waals surface area contributed by atoms with Gasteiger partial charge in [-0.1, -0.05) is 315 Å². The molecule has 0 unspecified atom stereocenters. The molecule has 0 amide bonds. The summed E-state index contributed by atoms with van der Waals surface area (Å²) in [4.78, 5) is 25.2. The van der Waals surface area contributed by atoms with Gasteiger partial charge in [0.2, 0.25) is 0 Å². The van der Waals surface area contributed by atoms with Crippen LogP contribution < -0.4 is 0 Å².